The van der Waals surface area contributed by atoms with E-state index < -0.39 is 0 Å². The Morgan fingerprint density at radius 1 is 1.11 bits per heavy atom. The van der Waals surface area contributed by atoms with Gasteiger partial charge in [0.1, 0.15) is 5.76 Å². The Morgan fingerprint density at radius 3 is 2.44 bits per heavy atom. The van der Waals surface area contributed by atoms with Crippen molar-refractivity contribution in [1.82, 2.24) is 4.90 Å². The highest BCUT2D eigenvalue weighted by Gasteiger charge is 2.35. The van der Waals surface area contributed by atoms with Crippen LogP contribution in [-0.2, 0) is 4.79 Å². The number of aryl methyl sites for hydroxylation is 1. The molecular weight excluding hydrogens is 376 g/mol. The number of amidine groups is 1. The molecule has 4 nitrogen and oxygen atoms in total. The van der Waals surface area contributed by atoms with Crippen molar-refractivity contribution < 1.29 is 9.21 Å². The minimum absolute atomic E-state index is 0.0152. The van der Waals surface area contributed by atoms with Crippen LogP contribution in [0.4, 0.5) is 0 Å². The summed E-state index contributed by atoms with van der Waals surface area (Å²) in [5, 5.41) is 1.56. The second-order valence-corrected chi connectivity index (χ2v) is 9.04. The van der Waals surface area contributed by atoms with Gasteiger partial charge >= 0.3 is 0 Å². The molecule has 0 radical (unpaired) electrons. The molecule has 27 heavy (non-hydrogen) atoms. The van der Waals surface area contributed by atoms with E-state index in [-0.39, 0.29) is 18.0 Å². The summed E-state index contributed by atoms with van der Waals surface area (Å²) in [5.41, 5.74) is 1.23. The van der Waals surface area contributed by atoms with Crippen molar-refractivity contribution >= 4 is 40.7 Å². The molecule has 0 atom stereocenters. The molecule has 0 aliphatic carbocycles. The molecule has 142 valence electrons. The molecule has 0 saturated carbocycles. The summed E-state index contributed by atoms with van der Waals surface area (Å²) in [6, 6.07) is 12.4. The average Bonchev–Trinajstić information content (AvgIpc) is 3.14. The minimum Gasteiger partial charge on any atom is -0.450 e. The first-order valence-corrected chi connectivity index (χ1v) is 10.6. The zero-order valence-electron chi connectivity index (χ0n) is 16.2. The average molecular weight is 401 g/mol. The molecule has 6 heteroatoms. The smallest absolute Gasteiger partial charge is 0.267 e. The molecule has 1 saturated heterocycles. The zero-order chi connectivity index (χ0) is 19.6. The standard InChI is InChI=1S/C21H24N2O2S2/c1-13(2)22-21-23(14(3)4)20(24)18(27-21)12-16-8-11-19(25-16)26-17-9-6-15(5)7-10-17/h6-14H,1-5H3/b18-12+,22-21?. The maximum absolute atomic E-state index is 12.8. The highest BCUT2D eigenvalue weighted by atomic mass is 32.2. The van der Waals surface area contributed by atoms with Crippen LogP contribution in [0, 0.1) is 6.92 Å². The third-order valence-electron chi connectivity index (χ3n) is 3.84. The molecule has 1 aliphatic heterocycles. The molecule has 1 amide bonds. The first kappa shape index (κ1) is 19.8. The first-order chi connectivity index (χ1) is 12.8. The van der Waals surface area contributed by atoms with Crippen molar-refractivity contribution in [2.75, 3.05) is 0 Å². The number of carbonyl (C=O) groups is 1. The van der Waals surface area contributed by atoms with Gasteiger partial charge in [-0.3, -0.25) is 14.7 Å². The third kappa shape index (κ3) is 4.87. The molecule has 0 unspecified atom stereocenters. The van der Waals surface area contributed by atoms with Crippen LogP contribution < -0.4 is 0 Å². The Bertz CT molecular complexity index is 880. The van der Waals surface area contributed by atoms with E-state index in [2.05, 4.69) is 36.2 Å². The van der Waals surface area contributed by atoms with Crippen molar-refractivity contribution in [3.05, 3.63) is 52.6 Å². The summed E-state index contributed by atoms with van der Waals surface area (Å²) < 4.78 is 5.90. The predicted molar refractivity (Wildman–Crippen MR) is 114 cm³/mol. The van der Waals surface area contributed by atoms with Gasteiger partial charge in [-0.2, -0.15) is 0 Å². The molecule has 3 rings (SSSR count). The molecule has 0 bridgehead atoms. The number of carbonyl (C=O) groups excluding carboxylic acids is 1. The number of rotatable bonds is 5. The van der Waals surface area contributed by atoms with Crippen molar-refractivity contribution in [2.45, 2.75) is 56.7 Å². The second kappa shape index (κ2) is 8.40. The molecule has 2 aromatic rings. The maximum Gasteiger partial charge on any atom is 0.267 e. The number of hydrogen-bond donors (Lipinski definition) is 0. The van der Waals surface area contributed by atoms with E-state index in [4.69, 9.17) is 4.42 Å². The van der Waals surface area contributed by atoms with Crippen LogP contribution in [0.25, 0.3) is 6.08 Å². The Morgan fingerprint density at radius 2 is 1.81 bits per heavy atom. The number of nitrogens with zero attached hydrogens (tertiary/aromatic N) is 2. The van der Waals surface area contributed by atoms with Gasteiger partial charge in [-0.05, 0) is 70.6 Å². The summed E-state index contributed by atoms with van der Waals surface area (Å²) >= 11 is 2.98. The van der Waals surface area contributed by atoms with Gasteiger partial charge in [0.15, 0.2) is 10.3 Å². The molecule has 1 aliphatic rings. The fraction of sp³-hybridized carbons (Fsp3) is 0.333. The molecule has 1 aromatic heterocycles. The molecule has 0 N–H and O–H groups in total. The monoisotopic (exact) mass is 400 g/mol. The van der Waals surface area contributed by atoms with Gasteiger partial charge in [0.25, 0.3) is 5.91 Å². The summed E-state index contributed by atoms with van der Waals surface area (Å²) in [6.07, 6.45) is 1.81. The Kier molecular flexibility index (Phi) is 6.17. The minimum atomic E-state index is -0.0152. The summed E-state index contributed by atoms with van der Waals surface area (Å²) in [6.45, 7) is 10.1. The van der Waals surface area contributed by atoms with Crippen LogP contribution >= 0.6 is 23.5 Å². The fourth-order valence-corrected chi connectivity index (χ4v) is 4.56. The topological polar surface area (TPSA) is 45.8 Å². The van der Waals surface area contributed by atoms with Gasteiger partial charge in [0.05, 0.1) is 4.91 Å². The largest absolute Gasteiger partial charge is 0.450 e. The van der Waals surface area contributed by atoms with Crippen molar-refractivity contribution in [3.8, 4) is 0 Å². The van der Waals surface area contributed by atoms with Crippen molar-refractivity contribution in [3.63, 3.8) is 0 Å². The maximum atomic E-state index is 12.8. The summed E-state index contributed by atoms with van der Waals surface area (Å²) in [4.78, 5) is 20.9. The van der Waals surface area contributed by atoms with Crippen LogP contribution in [0.2, 0.25) is 0 Å². The Balaban J connectivity index is 1.79. The van der Waals surface area contributed by atoms with Gasteiger partial charge in [-0.15, -0.1) is 0 Å². The van der Waals surface area contributed by atoms with E-state index in [1.807, 2.05) is 45.9 Å². The number of aliphatic imine (C=N–C) groups is 1. The Hall–Kier alpha value is -1.92. The number of hydrogen-bond acceptors (Lipinski definition) is 5. The summed E-state index contributed by atoms with van der Waals surface area (Å²) in [5.74, 6) is 0.661. The molecule has 0 spiro atoms. The van der Waals surface area contributed by atoms with Gasteiger partial charge in [0, 0.05) is 23.1 Å². The lowest BCUT2D eigenvalue weighted by atomic mass is 10.2. The highest BCUT2D eigenvalue weighted by Crippen LogP contribution is 2.36. The number of thioether (sulfide) groups is 1. The van der Waals surface area contributed by atoms with Gasteiger partial charge in [-0.25, -0.2) is 0 Å². The lowest BCUT2D eigenvalue weighted by Crippen LogP contribution is -2.35. The van der Waals surface area contributed by atoms with Gasteiger partial charge < -0.3 is 4.42 Å². The molecule has 2 heterocycles. The van der Waals surface area contributed by atoms with Crippen LogP contribution in [0.5, 0.6) is 0 Å². The van der Waals surface area contributed by atoms with Crippen LogP contribution in [-0.4, -0.2) is 28.1 Å². The fourth-order valence-electron chi connectivity index (χ4n) is 2.57. The van der Waals surface area contributed by atoms with E-state index >= 15 is 0 Å². The van der Waals surface area contributed by atoms with E-state index in [1.165, 1.54) is 17.3 Å². The first-order valence-electron chi connectivity index (χ1n) is 8.98. The van der Waals surface area contributed by atoms with Crippen LogP contribution in [0.3, 0.4) is 0 Å². The van der Waals surface area contributed by atoms with Crippen molar-refractivity contribution in [2.24, 2.45) is 4.99 Å². The van der Waals surface area contributed by atoms with E-state index in [9.17, 15) is 4.79 Å². The van der Waals surface area contributed by atoms with Gasteiger partial charge in [0.2, 0.25) is 0 Å². The quantitative estimate of drug-likeness (QED) is 0.593. The molecular formula is C21H24N2O2S2. The SMILES string of the molecule is Cc1ccc(Sc2ccc(/C=C3/SC(=NC(C)C)N(C(C)C)C3=O)o2)cc1. The number of amides is 1. The number of furan rings is 1. The molecule has 1 aromatic carbocycles. The lowest BCUT2D eigenvalue weighted by molar-refractivity contribution is -0.123. The third-order valence-corrected chi connectivity index (χ3v) is 5.76. The summed E-state index contributed by atoms with van der Waals surface area (Å²) in [7, 11) is 0. The van der Waals surface area contributed by atoms with Crippen molar-refractivity contribution in [1.29, 1.82) is 0 Å². The number of benzene rings is 1. The zero-order valence-corrected chi connectivity index (χ0v) is 17.9. The van der Waals surface area contributed by atoms with Gasteiger partial charge in [-0.1, -0.05) is 29.5 Å². The Labute approximate surface area is 169 Å². The van der Waals surface area contributed by atoms with E-state index in [0.29, 0.717) is 10.7 Å². The van der Waals surface area contributed by atoms with E-state index in [1.54, 1.807) is 16.7 Å². The van der Waals surface area contributed by atoms with E-state index in [0.717, 1.165) is 15.2 Å². The second-order valence-electron chi connectivity index (χ2n) is 6.96. The predicted octanol–water partition coefficient (Wildman–Crippen LogP) is 5.83. The van der Waals surface area contributed by atoms with Crippen LogP contribution in [0.15, 0.2) is 60.7 Å². The van der Waals surface area contributed by atoms with Crippen LogP contribution in [0.1, 0.15) is 39.0 Å². The normalized spacial score (nSPS) is 17.9. The molecule has 1 fully saturated rings. The lowest BCUT2D eigenvalue weighted by Gasteiger charge is -2.20. The highest BCUT2D eigenvalue weighted by molar-refractivity contribution is 8.18.